The summed E-state index contributed by atoms with van der Waals surface area (Å²) in [6, 6.07) is 0.191. The van der Waals surface area contributed by atoms with E-state index in [9.17, 15) is 18.0 Å². The van der Waals surface area contributed by atoms with Gasteiger partial charge in [0.15, 0.2) is 0 Å². The first-order chi connectivity index (χ1) is 6.88. The van der Waals surface area contributed by atoms with Crippen LogP contribution in [0.15, 0.2) is 12.3 Å². The second-order valence-corrected chi connectivity index (χ2v) is 3.55. The van der Waals surface area contributed by atoms with E-state index in [0.29, 0.717) is 4.68 Å². The fraction of sp³-hybridized carbons (Fsp3) is 0.500. The third kappa shape index (κ3) is 1.30. The number of rotatable bonds is 1. The van der Waals surface area contributed by atoms with Crippen LogP contribution in [-0.4, -0.2) is 22.0 Å². The molecule has 1 aliphatic carbocycles. The standard InChI is InChI=1S/C8H8F3N3O/c9-8(10,11)7(2-3-7)5-1-4-13-14(5)6(12)15/h1,4H,2-3H2,(H2,12,15). The maximum Gasteiger partial charge on any atom is 0.399 e. The first-order valence-electron chi connectivity index (χ1n) is 4.29. The van der Waals surface area contributed by atoms with Crippen LogP contribution in [0, 0.1) is 0 Å². The molecule has 1 aromatic heterocycles. The van der Waals surface area contributed by atoms with Crippen molar-refractivity contribution in [2.75, 3.05) is 0 Å². The normalized spacial score (nSPS) is 18.9. The minimum atomic E-state index is -4.36. The Hall–Kier alpha value is -1.53. The molecular weight excluding hydrogens is 211 g/mol. The molecule has 1 fully saturated rings. The van der Waals surface area contributed by atoms with Crippen LogP contribution < -0.4 is 5.73 Å². The zero-order chi connectivity index (χ0) is 11.3. The molecule has 0 spiro atoms. The number of nitrogens with two attached hydrogens (primary N) is 1. The third-order valence-corrected chi connectivity index (χ3v) is 2.63. The van der Waals surface area contributed by atoms with E-state index < -0.39 is 17.6 Å². The second-order valence-electron chi connectivity index (χ2n) is 3.55. The number of amides is 1. The van der Waals surface area contributed by atoms with Gasteiger partial charge in [0.2, 0.25) is 0 Å². The van der Waals surface area contributed by atoms with E-state index in [2.05, 4.69) is 5.10 Å². The van der Waals surface area contributed by atoms with Crippen molar-refractivity contribution in [1.82, 2.24) is 9.78 Å². The molecule has 7 heteroatoms. The first kappa shape index (κ1) is 10.0. The van der Waals surface area contributed by atoms with Crippen LogP contribution in [0.1, 0.15) is 18.5 Å². The van der Waals surface area contributed by atoms with Crippen LogP contribution in [0.5, 0.6) is 0 Å². The number of carbonyl (C=O) groups is 1. The van der Waals surface area contributed by atoms with Crippen molar-refractivity contribution < 1.29 is 18.0 Å². The van der Waals surface area contributed by atoms with E-state index in [1.165, 1.54) is 6.07 Å². The van der Waals surface area contributed by atoms with Crippen molar-refractivity contribution in [1.29, 1.82) is 0 Å². The summed E-state index contributed by atoms with van der Waals surface area (Å²) in [7, 11) is 0. The summed E-state index contributed by atoms with van der Waals surface area (Å²) in [5.74, 6) is 0. The lowest BCUT2D eigenvalue weighted by Crippen LogP contribution is -2.34. The molecule has 4 nitrogen and oxygen atoms in total. The van der Waals surface area contributed by atoms with Gasteiger partial charge in [-0.1, -0.05) is 0 Å². The smallest absolute Gasteiger partial charge is 0.350 e. The highest BCUT2D eigenvalue weighted by Gasteiger charge is 2.66. The van der Waals surface area contributed by atoms with Crippen molar-refractivity contribution in [3.05, 3.63) is 18.0 Å². The molecule has 15 heavy (non-hydrogen) atoms. The lowest BCUT2D eigenvalue weighted by molar-refractivity contribution is -0.161. The van der Waals surface area contributed by atoms with Gasteiger partial charge in [-0.2, -0.15) is 23.0 Å². The van der Waals surface area contributed by atoms with Gasteiger partial charge in [0.25, 0.3) is 0 Å². The number of hydrogen-bond acceptors (Lipinski definition) is 2. The van der Waals surface area contributed by atoms with E-state index >= 15 is 0 Å². The number of alkyl halides is 3. The molecule has 82 valence electrons. The molecule has 0 saturated heterocycles. The fourth-order valence-corrected chi connectivity index (χ4v) is 1.65. The molecule has 0 atom stereocenters. The minimum Gasteiger partial charge on any atom is -0.350 e. The lowest BCUT2D eigenvalue weighted by Gasteiger charge is -2.19. The number of hydrogen-bond donors (Lipinski definition) is 1. The Morgan fingerprint density at radius 3 is 2.53 bits per heavy atom. The zero-order valence-electron chi connectivity index (χ0n) is 7.58. The summed E-state index contributed by atoms with van der Waals surface area (Å²) in [6.45, 7) is 0. The predicted octanol–water partition coefficient (Wildman–Crippen LogP) is 1.40. The molecule has 1 aliphatic rings. The summed E-state index contributed by atoms with van der Waals surface area (Å²) in [5.41, 5.74) is 2.84. The van der Waals surface area contributed by atoms with Gasteiger partial charge >= 0.3 is 12.2 Å². The van der Waals surface area contributed by atoms with Gasteiger partial charge < -0.3 is 5.73 Å². The first-order valence-corrected chi connectivity index (χ1v) is 4.29. The van der Waals surface area contributed by atoms with Gasteiger partial charge in [-0.05, 0) is 18.9 Å². The van der Waals surface area contributed by atoms with Crippen LogP contribution in [0.3, 0.4) is 0 Å². The third-order valence-electron chi connectivity index (χ3n) is 2.63. The van der Waals surface area contributed by atoms with Crippen molar-refractivity contribution in [3.8, 4) is 0 Å². The summed E-state index contributed by atoms with van der Waals surface area (Å²) in [6.07, 6.45) is -3.25. The topological polar surface area (TPSA) is 60.9 Å². The van der Waals surface area contributed by atoms with Crippen molar-refractivity contribution in [2.45, 2.75) is 24.4 Å². The maximum absolute atomic E-state index is 12.7. The molecule has 0 unspecified atom stereocenters. The van der Waals surface area contributed by atoms with Crippen LogP contribution >= 0.6 is 0 Å². The summed E-state index contributed by atoms with van der Waals surface area (Å²) >= 11 is 0. The predicted molar refractivity (Wildman–Crippen MR) is 44.2 cm³/mol. The van der Waals surface area contributed by atoms with Gasteiger partial charge in [0, 0.05) is 6.20 Å². The SMILES string of the molecule is NC(=O)n1nccc1C1(C(F)(F)F)CC1. The largest absolute Gasteiger partial charge is 0.399 e. The van der Waals surface area contributed by atoms with Gasteiger partial charge in [-0.3, -0.25) is 0 Å². The van der Waals surface area contributed by atoms with E-state index in [1.807, 2.05) is 0 Å². The van der Waals surface area contributed by atoms with Crippen LogP contribution in [-0.2, 0) is 5.41 Å². The van der Waals surface area contributed by atoms with Crippen LogP contribution in [0.25, 0.3) is 0 Å². The van der Waals surface area contributed by atoms with Gasteiger partial charge in [-0.25, -0.2) is 4.79 Å². The number of carbonyl (C=O) groups excluding carboxylic acids is 1. The molecule has 1 amide bonds. The number of primary amides is 1. The average molecular weight is 219 g/mol. The molecule has 1 aromatic rings. The highest BCUT2D eigenvalue weighted by Crippen LogP contribution is 2.58. The van der Waals surface area contributed by atoms with Gasteiger partial charge in [0.05, 0.1) is 5.69 Å². The highest BCUT2D eigenvalue weighted by atomic mass is 19.4. The monoisotopic (exact) mass is 219 g/mol. The maximum atomic E-state index is 12.7. The molecule has 0 aromatic carbocycles. The summed E-state index contributed by atoms with van der Waals surface area (Å²) in [5, 5.41) is 3.48. The Kier molecular flexibility index (Phi) is 1.83. The van der Waals surface area contributed by atoms with E-state index in [0.717, 1.165) is 6.20 Å². The van der Waals surface area contributed by atoms with Gasteiger partial charge in [0.1, 0.15) is 5.41 Å². The molecule has 0 radical (unpaired) electrons. The molecule has 1 saturated carbocycles. The minimum absolute atomic E-state index is 0.0184. The number of halogens is 3. The Bertz CT molecular complexity index is 406. The molecule has 1 heterocycles. The molecule has 2 rings (SSSR count). The number of aromatic nitrogens is 2. The van der Waals surface area contributed by atoms with Crippen LogP contribution in [0.4, 0.5) is 18.0 Å². The van der Waals surface area contributed by atoms with Crippen LogP contribution in [0.2, 0.25) is 0 Å². The Labute approximate surface area is 82.9 Å². The molecule has 0 bridgehead atoms. The highest BCUT2D eigenvalue weighted by molar-refractivity contribution is 5.75. The van der Waals surface area contributed by atoms with Crippen molar-refractivity contribution in [2.24, 2.45) is 5.73 Å². The molecule has 0 aliphatic heterocycles. The Balaban J connectivity index is 2.47. The van der Waals surface area contributed by atoms with E-state index in [1.54, 1.807) is 0 Å². The Morgan fingerprint density at radius 1 is 1.53 bits per heavy atom. The van der Waals surface area contributed by atoms with E-state index in [4.69, 9.17) is 5.73 Å². The summed E-state index contributed by atoms with van der Waals surface area (Å²) < 4.78 is 38.7. The lowest BCUT2D eigenvalue weighted by atomic mass is 10.0. The number of nitrogens with zero attached hydrogens (tertiary/aromatic N) is 2. The van der Waals surface area contributed by atoms with Crippen molar-refractivity contribution >= 4 is 6.03 Å². The van der Waals surface area contributed by atoms with Crippen molar-refractivity contribution in [3.63, 3.8) is 0 Å². The molecule has 2 N–H and O–H groups in total. The van der Waals surface area contributed by atoms with Gasteiger partial charge in [-0.15, -0.1) is 0 Å². The second kappa shape index (κ2) is 2.74. The quantitative estimate of drug-likeness (QED) is 0.776. The average Bonchev–Trinajstić information content (AvgIpc) is 2.76. The zero-order valence-corrected chi connectivity index (χ0v) is 7.58. The van der Waals surface area contributed by atoms with E-state index in [-0.39, 0.29) is 18.5 Å². The molecular formula is C8H8F3N3O. The summed E-state index contributed by atoms with van der Waals surface area (Å²) in [4.78, 5) is 10.8. The fourth-order valence-electron chi connectivity index (χ4n) is 1.65. The Morgan fingerprint density at radius 2 is 2.13 bits per heavy atom.